The number of nitrogens with zero attached hydrogens (tertiary/aromatic N) is 2. The number of hydrogen-bond donors (Lipinski definition) is 1. The molecule has 1 unspecified atom stereocenters. The van der Waals surface area contributed by atoms with Gasteiger partial charge in [0.2, 0.25) is 0 Å². The number of esters is 1. The van der Waals surface area contributed by atoms with E-state index in [-0.39, 0.29) is 12.0 Å². The molecule has 0 fully saturated rings. The van der Waals surface area contributed by atoms with Crippen molar-refractivity contribution in [3.63, 3.8) is 0 Å². The zero-order valence-corrected chi connectivity index (χ0v) is 7.73. The molecule has 1 N–H and O–H groups in total. The van der Waals surface area contributed by atoms with Crippen LogP contribution in [0.5, 0.6) is 0 Å². The van der Waals surface area contributed by atoms with E-state index in [4.69, 9.17) is 0 Å². The summed E-state index contributed by atoms with van der Waals surface area (Å²) in [6.07, 6.45) is 3.47. The molecule has 0 saturated heterocycles. The summed E-state index contributed by atoms with van der Waals surface area (Å²) >= 11 is 0. The van der Waals surface area contributed by atoms with Crippen LogP contribution in [-0.4, -0.2) is 35.9 Å². The SMILES string of the molecule is CNC(Cn1cccn1)C(=O)OC. The molecule has 0 spiro atoms. The maximum atomic E-state index is 11.1. The van der Waals surface area contributed by atoms with E-state index in [0.29, 0.717) is 6.54 Å². The molecule has 0 aliphatic rings. The van der Waals surface area contributed by atoms with E-state index in [2.05, 4.69) is 15.2 Å². The zero-order valence-electron chi connectivity index (χ0n) is 7.73. The van der Waals surface area contributed by atoms with E-state index in [0.717, 1.165) is 0 Å². The Labute approximate surface area is 76.7 Å². The first kappa shape index (κ1) is 9.73. The van der Waals surface area contributed by atoms with Crippen LogP contribution in [0.15, 0.2) is 18.5 Å². The minimum atomic E-state index is -0.343. The standard InChI is InChI=1S/C8H13N3O2/c1-9-7(8(12)13-2)6-11-5-3-4-10-11/h3-5,7,9H,6H2,1-2H3. The molecule has 1 atom stereocenters. The van der Waals surface area contributed by atoms with Gasteiger partial charge in [-0.2, -0.15) is 5.10 Å². The van der Waals surface area contributed by atoms with Crippen molar-refractivity contribution in [1.82, 2.24) is 15.1 Å². The van der Waals surface area contributed by atoms with Crippen LogP contribution in [0.4, 0.5) is 0 Å². The number of carbonyl (C=O) groups excluding carboxylic acids is 1. The van der Waals surface area contributed by atoms with Gasteiger partial charge in [0.1, 0.15) is 6.04 Å². The number of ether oxygens (including phenoxy) is 1. The lowest BCUT2D eigenvalue weighted by atomic mass is 10.3. The molecule has 1 aromatic rings. The van der Waals surface area contributed by atoms with Gasteiger partial charge in [-0.15, -0.1) is 0 Å². The molecular weight excluding hydrogens is 170 g/mol. The van der Waals surface area contributed by atoms with E-state index in [1.165, 1.54) is 7.11 Å². The highest BCUT2D eigenvalue weighted by molar-refractivity contribution is 5.75. The van der Waals surface area contributed by atoms with Crippen molar-refractivity contribution < 1.29 is 9.53 Å². The maximum Gasteiger partial charge on any atom is 0.324 e. The molecule has 1 heterocycles. The number of carbonyl (C=O) groups is 1. The molecule has 1 aromatic heterocycles. The van der Waals surface area contributed by atoms with Gasteiger partial charge in [-0.3, -0.25) is 9.48 Å². The monoisotopic (exact) mass is 183 g/mol. The highest BCUT2D eigenvalue weighted by Gasteiger charge is 2.16. The Balaban J connectivity index is 2.54. The highest BCUT2D eigenvalue weighted by Crippen LogP contribution is 1.93. The number of aromatic nitrogens is 2. The van der Waals surface area contributed by atoms with Gasteiger partial charge in [0, 0.05) is 12.4 Å². The second-order valence-electron chi connectivity index (χ2n) is 2.59. The van der Waals surface area contributed by atoms with Gasteiger partial charge in [-0.25, -0.2) is 0 Å². The third kappa shape index (κ3) is 2.55. The van der Waals surface area contributed by atoms with Crippen LogP contribution in [0.2, 0.25) is 0 Å². The van der Waals surface area contributed by atoms with Crippen molar-refractivity contribution in [1.29, 1.82) is 0 Å². The Hall–Kier alpha value is -1.36. The molecule has 1 rings (SSSR count). The summed E-state index contributed by atoms with van der Waals surface area (Å²) in [7, 11) is 3.08. The van der Waals surface area contributed by atoms with Gasteiger partial charge in [0.05, 0.1) is 13.7 Å². The molecule has 0 aliphatic heterocycles. The van der Waals surface area contributed by atoms with Crippen LogP contribution in [0, 0.1) is 0 Å². The lowest BCUT2D eigenvalue weighted by Gasteiger charge is -2.12. The molecule has 5 heteroatoms. The molecule has 0 bridgehead atoms. The van der Waals surface area contributed by atoms with Crippen molar-refractivity contribution in [3.8, 4) is 0 Å². The number of rotatable bonds is 4. The number of methoxy groups -OCH3 is 1. The predicted molar refractivity (Wildman–Crippen MR) is 47.1 cm³/mol. The van der Waals surface area contributed by atoms with Crippen molar-refractivity contribution in [2.24, 2.45) is 0 Å². The number of hydrogen-bond acceptors (Lipinski definition) is 4. The molecule has 0 radical (unpaired) electrons. The lowest BCUT2D eigenvalue weighted by molar-refractivity contribution is -0.143. The van der Waals surface area contributed by atoms with Gasteiger partial charge in [-0.1, -0.05) is 0 Å². The Morgan fingerprint density at radius 3 is 3.00 bits per heavy atom. The summed E-state index contributed by atoms with van der Waals surface area (Å²) in [5.74, 6) is -0.280. The largest absolute Gasteiger partial charge is 0.468 e. The van der Waals surface area contributed by atoms with E-state index in [1.54, 1.807) is 24.1 Å². The normalized spacial score (nSPS) is 12.5. The summed E-state index contributed by atoms with van der Waals surface area (Å²) in [5, 5.41) is 6.85. The summed E-state index contributed by atoms with van der Waals surface area (Å²) < 4.78 is 6.29. The van der Waals surface area contributed by atoms with E-state index in [1.807, 2.05) is 6.07 Å². The minimum Gasteiger partial charge on any atom is -0.468 e. The fourth-order valence-corrected chi connectivity index (χ4v) is 1.02. The van der Waals surface area contributed by atoms with Crippen LogP contribution in [0.3, 0.4) is 0 Å². The van der Waals surface area contributed by atoms with E-state index >= 15 is 0 Å². The quantitative estimate of drug-likeness (QED) is 0.648. The summed E-state index contributed by atoms with van der Waals surface area (Å²) in [5.41, 5.74) is 0. The van der Waals surface area contributed by atoms with Gasteiger partial charge in [0.15, 0.2) is 0 Å². The topological polar surface area (TPSA) is 56.2 Å². The summed E-state index contributed by atoms with van der Waals surface area (Å²) in [4.78, 5) is 11.1. The first-order valence-electron chi connectivity index (χ1n) is 4.00. The molecule has 0 aliphatic carbocycles. The van der Waals surface area contributed by atoms with Crippen molar-refractivity contribution in [2.75, 3.05) is 14.2 Å². The molecule has 13 heavy (non-hydrogen) atoms. The lowest BCUT2D eigenvalue weighted by Crippen LogP contribution is -2.38. The van der Waals surface area contributed by atoms with Crippen LogP contribution in [-0.2, 0) is 16.1 Å². The number of nitrogens with one attached hydrogen (secondary N) is 1. The van der Waals surface area contributed by atoms with Gasteiger partial charge < -0.3 is 10.1 Å². The van der Waals surface area contributed by atoms with Crippen LogP contribution in [0.25, 0.3) is 0 Å². The Morgan fingerprint density at radius 1 is 1.77 bits per heavy atom. The Morgan fingerprint density at radius 2 is 2.54 bits per heavy atom. The zero-order chi connectivity index (χ0) is 9.68. The van der Waals surface area contributed by atoms with E-state index in [9.17, 15) is 4.79 Å². The smallest absolute Gasteiger partial charge is 0.324 e. The fraction of sp³-hybridized carbons (Fsp3) is 0.500. The first-order valence-corrected chi connectivity index (χ1v) is 4.00. The van der Waals surface area contributed by atoms with Gasteiger partial charge >= 0.3 is 5.97 Å². The predicted octanol–water partition coefficient (Wildman–Crippen LogP) is -0.356. The molecule has 5 nitrogen and oxygen atoms in total. The summed E-state index contributed by atoms with van der Waals surface area (Å²) in [6, 6.07) is 1.47. The Kier molecular flexibility index (Phi) is 3.45. The molecule has 0 amide bonds. The fourth-order valence-electron chi connectivity index (χ4n) is 1.02. The average molecular weight is 183 g/mol. The second-order valence-corrected chi connectivity index (χ2v) is 2.59. The maximum absolute atomic E-state index is 11.1. The molecule has 0 saturated carbocycles. The van der Waals surface area contributed by atoms with Crippen molar-refractivity contribution in [3.05, 3.63) is 18.5 Å². The second kappa shape index (κ2) is 4.61. The van der Waals surface area contributed by atoms with Gasteiger partial charge in [-0.05, 0) is 13.1 Å². The number of likely N-dealkylation sites (N-methyl/N-ethyl adjacent to an activating group) is 1. The molecule has 0 aromatic carbocycles. The highest BCUT2D eigenvalue weighted by atomic mass is 16.5. The third-order valence-corrected chi connectivity index (χ3v) is 1.76. The average Bonchev–Trinajstić information content (AvgIpc) is 2.65. The van der Waals surface area contributed by atoms with Crippen molar-refractivity contribution in [2.45, 2.75) is 12.6 Å². The van der Waals surface area contributed by atoms with Crippen LogP contribution in [0.1, 0.15) is 0 Å². The Bertz CT molecular complexity index is 258. The van der Waals surface area contributed by atoms with E-state index < -0.39 is 0 Å². The van der Waals surface area contributed by atoms with Crippen LogP contribution < -0.4 is 5.32 Å². The van der Waals surface area contributed by atoms with Gasteiger partial charge in [0.25, 0.3) is 0 Å². The molecule has 72 valence electrons. The molecular formula is C8H13N3O2. The van der Waals surface area contributed by atoms with Crippen LogP contribution >= 0.6 is 0 Å². The summed E-state index contributed by atoms with van der Waals surface area (Å²) in [6.45, 7) is 0.482. The third-order valence-electron chi connectivity index (χ3n) is 1.76. The van der Waals surface area contributed by atoms with Crippen molar-refractivity contribution >= 4 is 5.97 Å². The minimum absolute atomic E-state index is 0.280. The first-order chi connectivity index (χ1) is 6.27.